The Bertz CT molecular complexity index is 207. The van der Waals surface area contributed by atoms with Gasteiger partial charge in [-0.2, -0.15) is 0 Å². The van der Waals surface area contributed by atoms with E-state index in [4.69, 9.17) is 0 Å². The van der Waals surface area contributed by atoms with Gasteiger partial charge in [-0.05, 0) is 37.0 Å². The Labute approximate surface area is 93.7 Å². The first-order chi connectivity index (χ1) is 6.97. The minimum atomic E-state index is -0.0367. The van der Waals surface area contributed by atoms with E-state index in [0.717, 1.165) is 25.0 Å². The summed E-state index contributed by atoms with van der Waals surface area (Å²) in [6.45, 7) is 8.94. The second-order valence-corrected chi connectivity index (χ2v) is 6.48. The molecule has 0 aromatic rings. The van der Waals surface area contributed by atoms with E-state index in [1.807, 2.05) is 0 Å². The summed E-state index contributed by atoms with van der Waals surface area (Å²) in [6.07, 6.45) is 5.40. The summed E-state index contributed by atoms with van der Waals surface area (Å²) in [5.74, 6) is 0.903. The molecule has 1 saturated heterocycles. The zero-order chi connectivity index (χ0) is 11.1. The van der Waals surface area contributed by atoms with Crippen LogP contribution in [0.25, 0.3) is 0 Å². The maximum Gasteiger partial charge on any atom is 0.0794 e. The molecule has 0 aromatic heterocycles. The van der Waals surface area contributed by atoms with Crippen LogP contribution in [0.5, 0.6) is 0 Å². The van der Waals surface area contributed by atoms with Crippen LogP contribution >= 0.6 is 0 Å². The first kappa shape index (κ1) is 11.4. The highest BCUT2D eigenvalue weighted by molar-refractivity contribution is 4.90. The highest BCUT2D eigenvalue weighted by Crippen LogP contribution is 2.39. The minimum Gasteiger partial charge on any atom is -0.390 e. The number of hydrogen-bond donors (Lipinski definition) is 1. The molecule has 15 heavy (non-hydrogen) atoms. The summed E-state index contributed by atoms with van der Waals surface area (Å²) in [5.41, 5.74) is 0.486. The van der Waals surface area contributed by atoms with E-state index in [9.17, 15) is 5.11 Å². The van der Waals surface area contributed by atoms with Crippen LogP contribution in [0.3, 0.4) is 0 Å². The molecule has 0 bridgehead atoms. The molecule has 0 amide bonds. The van der Waals surface area contributed by atoms with E-state index in [2.05, 4.69) is 25.7 Å². The van der Waals surface area contributed by atoms with Gasteiger partial charge in [0.2, 0.25) is 0 Å². The standard InChI is InChI=1S/C13H25NO/c1-13(2,3)10-4-6-11(7-5-10)14-8-12(15)9-14/h10-12,15H,4-9H2,1-3H3. The van der Waals surface area contributed by atoms with E-state index in [0.29, 0.717) is 5.41 Å². The van der Waals surface area contributed by atoms with Crippen molar-refractivity contribution in [3.63, 3.8) is 0 Å². The number of hydrogen-bond acceptors (Lipinski definition) is 2. The fourth-order valence-electron chi connectivity index (χ4n) is 3.09. The maximum absolute atomic E-state index is 9.29. The van der Waals surface area contributed by atoms with Crippen LogP contribution in [0, 0.1) is 11.3 Å². The summed E-state index contributed by atoms with van der Waals surface area (Å²) in [6, 6.07) is 0.770. The Balaban J connectivity index is 1.77. The van der Waals surface area contributed by atoms with Gasteiger partial charge in [0, 0.05) is 19.1 Å². The average molecular weight is 211 g/mol. The van der Waals surface area contributed by atoms with Gasteiger partial charge in [0.15, 0.2) is 0 Å². The van der Waals surface area contributed by atoms with Crippen molar-refractivity contribution >= 4 is 0 Å². The lowest BCUT2D eigenvalue weighted by atomic mass is 9.71. The number of rotatable bonds is 1. The molecule has 2 rings (SSSR count). The number of nitrogens with zero attached hydrogens (tertiary/aromatic N) is 1. The van der Waals surface area contributed by atoms with Crippen molar-refractivity contribution in [1.29, 1.82) is 0 Å². The summed E-state index contributed by atoms with van der Waals surface area (Å²) >= 11 is 0. The third kappa shape index (κ3) is 2.54. The topological polar surface area (TPSA) is 23.5 Å². The Hall–Kier alpha value is -0.0800. The number of likely N-dealkylation sites (tertiary alicyclic amines) is 1. The van der Waals surface area contributed by atoms with Crippen LogP contribution in [0.15, 0.2) is 0 Å². The van der Waals surface area contributed by atoms with Gasteiger partial charge < -0.3 is 5.11 Å². The van der Waals surface area contributed by atoms with Crippen molar-refractivity contribution in [2.24, 2.45) is 11.3 Å². The molecule has 88 valence electrons. The molecule has 1 N–H and O–H groups in total. The van der Waals surface area contributed by atoms with E-state index >= 15 is 0 Å². The lowest BCUT2D eigenvalue weighted by Crippen LogP contribution is -2.56. The molecule has 0 atom stereocenters. The van der Waals surface area contributed by atoms with Gasteiger partial charge in [0.1, 0.15) is 0 Å². The molecular formula is C13H25NO. The zero-order valence-corrected chi connectivity index (χ0v) is 10.4. The van der Waals surface area contributed by atoms with Crippen molar-refractivity contribution in [3.05, 3.63) is 0 Å². The van der Waals surface area contributed by atoms with Crippen LogP contribution in [0.2, 0.25) is 0 Å². The maximum atomic E-state index is 9.29. The van der Waals surface area contributed by atoms with E-state index < -0.39 is 0 Å². The smallest absolute Gasteiger partial charge is 0.0794 e. The third-order valence-corrected chi connectivity index (χ3v) is 4.33. The van der Waals surface area contributed by atoms with Crippen LogP contribution in [-0.2, 0) is 0 Å². The Morgan fingerprint density at radius 1 is 1.00 bits per heavy atom. The fraction of sp³-hybridized carbons (Fsp3) is 1.00. The first-order valence-electron chi connectivity index (χ1n) is 6.39. The highest BCUT2D eigenvalue weighted by atomic mass is 16.3. The van der Waals surface area contributed by atoms with Gasteiger partial charge in [0.05, 0.1) is 6.10 Å². The van der Waals surface area contributed by atoms with Crippen molar-refractivity contribution in [2.75, 3.05) is 13.1 Å². The van der Waals surface area contributed by atoms with Crippen molar-refractivity contribution in [3.8, 4) is 0 Å². The van der Waals surface area contributed by atoms with Crippen LogP contribution in [0.4, 0.5) is 0 Å². The average Bonchev–Trinajstić information content (AvgIpc) is 2.12. The van der Waals surface area contributed by atoms with Gasteiger partial charge in [-0.3, -0.25) is 4.90 Å². The molecule has 0 aromatic carbocycles. The van der Waals surface area contributed by atoms with Gasteiger partial charge in [0.25, 0.3) is 0 Å². The SMILES string of the molecule is CC(C)(C)C1CCC(N2CC(O)C2)CC1. The van der Waals surface area contributed by atoms with Crippen LogP contribution < -0.4 is 0 Å². The molecule has 2 fully saturated rings. The summed E-state index contributed by atoms with van der Waals surface area (Å²) in [7, 11) is 0. The van der Waals surface area contributed by atoms with Gasteiger partial charge in [-0.1, -0.05) is 20.8 Å². The molecule has 2 nitrogen and oxygen atoms in total. The monoisotopic (exact) mass is 211 g/mol. The molecule has 0 unspecified atom stereocenters. The van der Waals surface area contributed by atoms with Crippen molar-refractivity contribution in [2.45, 2.75) is 58.6 Å². The summed E-state index contributed by atoms with van der Waals surface area (Å²) in [4.78, 5) is 2.46. The first-order valence-corrected chi connectivity index (χ1v) is 6.39. The van der Waals surface area contributed by atoms with E-state index in [-0.39, 0.29) is 6.10 Å². The summed E-state index contributed by atoms with van der Waals surface area (Å²) < 4.78 is 0. The Morgan fingerprint density at radius 2 is 1.53 bits per heavy atom. The third-order valence-electron chi connectivity index (χ3n) is 4.33. The zero-order valence-electron chi connectivity index (χ0n) is 10.4. The van der Waals surface area contributed by atoms with Gasteiger partial charge in [-0.15, -0.1) is 0 Å². The molecule has 2 heteroatoms. The van der Waals surface area contributed by atoms with Crippen LogP contribution in [0.1, 0.15) is 46.5 Å². The number of β-amino-alcohol motifs (C(OH)–C–C–N with tert-alkyl or cyclic N) is 1. The lowest BCUT2D eigenvalue weighted by molar-refractivity contribution is -0.0409. The molecular weight excluding hydrogens is 186 g/mol. The van der Waals surface area contributed by atoms with Crippen molar-refractivity contribution in [1.82, 2.24) is 4.90 Å². The molecule has 1 heterocycles. The van der Waals surface area contributed by atoms with Gasteiger partial charge in [-0.25, -0.2) is 0 Å². The molecule has 0 radical (unpaired) electrons. The predicted molar refractivity (Wildman–Crippen MR) is 62.8 cm³/mol. The predicted octanol–water partition coefficient (Wildman–Crippen LogP) is 2.27. The Kier molecular flexibility index (Phi) is 3.09. The second-order valence-electron chi connectivity index (χ2n) is 6.48. The largest absolute Gasteiger partial charge is 0.390 e. The second kappa shape index (κ2) is 4.06. The normalized spacial score (nSPS) is 35.2. The number of aliphatic hydroxyl groups excluding tert-OH is 1. The van der Waals surface area contributed by atoms with Crippen molar-refractivity contribution < 1.29 is 5.11 Å². The molecule has 1 aliphatic heterocycles. The fourth-order valence-corrected chi connectivity index (χ4v) is 3.09. The Morgan fingerprint density at radius 3 is 1.93 bits per heavy atom. The van der Waals surface area contributed by atoms with E-state index in [1.54, 1.807) is 0 Å². The number of aliphatic hydroxyl groups is 1. The minimum absolute atomic E-state index is 0.0367. The van der Waals surface area contributed by atoms with Crippen LogP contribution in [-0.4, -0.2) is 35.2 Å². The highest BCUT2D eigenvalue weighted by Gasteiger charge is 2.35. The molecule has 1 aliphatic carbocycles. The molecule has 2 aliphatic rings. The molecule has 1 saturated carbocycles. The molecule has 0 spiro atoms. The lowest BCUT2D eigenvalue weighted by Gasteiger charge is -2.46. The quantitative estimate of drug-likeness (QED) is 0.719. The van der Waals surface area contributed by atoms with E-state index in [1.165, 1.54) is 25.7 Å². The van der Waals surface area contributed by atoms with Gasteiger partial charge >= 0.3 is 0 Å². The summed E-state index contributed by atoms with van der Waals surface area (Å²) in [5, 5.41) is 9.29.